The summed E-state index contributed by atoms with van der Waals surface area (Å²) >= 11 is 0. The topological polar surface area (TPSA) is 112 Å². The van der Waals surface area contributed by atoms with Gasteiger partial charge < -0.3 is 20.1 Å². The molecule has 0 fully saturated rings. The second kappa shape index (κ2) is 9.09. The van der Waals surface area contributed by atoms with Crippen molar-refractivity contribution in [2.75, 3.05) is 24.9 Å². The number of nitrogens with one attached hydrogen (secondary N) is 2. The summed E-state index contributed by atoms with van der Waals surface area (Å²) in [4.78, 5) is 41.0. The van der Waals surface area contributed by atoms with E-state index >= 15 is 0 Å². The fourth-order valence-corrected chi connectivity index (χ4v) is 3.74. The van der Waals surface area contributed by atoms with Gasteiger partial charge in [0.25, 0.3) is 5.56 Å². The summed E-state index contributed by atoms with van der Waals surface area (Å²) in [6.07, 6.45) is 3.31. The average molecular weight is 436 g/mol. The van der Waals surface area contributed by atoms with E-state index in [1.807, 2.05) is 6.07 Å². The molecule has 0 radical (unpaired) electrons. The van der Waals surface area contributed by atoms with E-state index < -0.39 is 0 Å². The molecule has 32 heavy (non-hydrogen) atoms. The van der Waals surface area contributed by atoms with Crippen LogP contribution in [0.25, 0.3) is 10.9 Å². The molecule has 0 saturated heterocycles. The molecular formula is C23H24N4O5. The summed E-state index contributed by atoms with van der Waals surface area (Å²) in [7, 11) is 3.04. The average Bonchev–Trinajstić information content (AvgIpc) is 2.80. The molecule has 9 nitrogen and oxygen atoms in total. The van der Waals surface area contributed by atoms with Crippen molar-refractivity contribution < 1.29 is 19.1 Å². The normalized spacial score (nSPS) is 12.8. The molecule has 1 aliphatic heterocycles. The van der Waals surface area contributed by atoms with Crippen molar-refractivity contribution >= 4 is 34.1 Å². The maximum absolute atomic E-state index is 12.8. The summed E-state index contributed by atoms with van der Waals surface area (Å²) < 4.78 is 12.0. The molecule has 0 bridgehead atoms. The van der Waals surface area contributed by atoms with Gasteiger partial charge in [0, 0.05) is 36.8 Å². The van der Waals surface area contributed by atoms with Gasteiger partial charge in [0.1, 0.15) is 0 Å². The number of fused-ring (bicyclic) bond motifs is 2. The van der Waals surface area contributed by atoms with Gasteiger partial charge >= 0.3 is 0 Å². The number of methoxy groups -OCH3 is 2. The van der Waals surface area contributed by atoms with Crippen LogP contribution in [0, 0.1) is 0 Å². The highest BCUT2D eigenvalue weighted by Crippen LogP contribution is 2.30. The first kappa shape index (κ1) is 21.4. The monoisotopic (exact) mass is 436 g/mol. The third-order valence-corrected chi connectivity index (χ3v) is 5.42. The third kappa shape index (κ3) is 4.41. The van der Waals surface area contributed by atoms with E-state index in [-0.39, 0.29) is 23.8 Å². The minimum atomic E-state index is -0.201. The van der Waals surface area contributed by atoms with Crippen LogP contribution in [-0.2, 0) is 22.6 Å². The molecule has 2 amide bonds. The highest BCUT2D eigenvalue weighted by atomic mass is 16.5. The molecule has 2 aromatic carbocycles. The molecule has 2 heterocycles. The van der Waals surface area contributed by atoms with Crippen LogP contribution < -0.4 is 25.7 Å². The van der Waals surface area contributed by atoms with Crippen molar-refractivity contribution in [1.29, 1.82) is 0 Å². The highest BCUT2D eigenvalue weighted by molar-refractivity contribution is 5.95. The molecule has 166 valence electrons. The number of rotatable bonds is 7. The summed E-state index contributed by atoms with van der Waals surface area (Å²) in [5.74, 6) is 0.829. The second-order valence-electron chi connectivity index (χ2n) is 7.54. The Morgan fingerprint density at radius 2 is 1.91 bits per heavy atom. The first-order valence-corrected chi connectivity index (χ1v) is 10.3. The van der Waals surface area contributed by atoms with Gasteiger partial charge in [-0.1, -0.05) is 0 Å². The maximum Gasteiger partial charge on any atom is 0.261 e. The zero-order valence-electron chi connectivity index (χ0n) is 17.9. The summed E-state index contributed by atoms with van der Waals surface area (Å²) in [5, 5.41) is 6.12. The van der Waals surface area contributed by atoms with Crippen LogP contribution in [0.1, 0.15) is 24.8 Å². The van der Waals surface area contributed by atoms with Crippen molar-refractivity contribution in [2.45, 2.75) is 32.2 Å². The highest BCUT2D eigenvalue weighted by Gasteiger charge is 2.15. The van der Waals surface area contributed by atoms with E-state index in [9.17, 15) is 14.4 Å². The molecule has 0 aliphatic carbocycles. The fraction of sp³-hybridized carbons (Fsp3) is 0.304. The number of aryl methyl sites for hydroxylation is 2. The van der Waals surface area contributed by atoms with E-state index in [2.05, 4.69) is 15.6 Å². The van der Waals surface area contributed by atoms with Gasteiger partial charge in [0.05, 0.1) is 31.4 Å². The molecule has 9 heteroatoms. The zero-order chi connectivity index (χ0) is 22.7. The fourth-order valence-electron chi connectivity index (χ4n) is 3.74. The first-order chi connectivity index (χ1) is 15.5. The Kier molecular flexibility index (Phi) is 6.07. The summed E-state index contributed by atoms with van der Waals surface area (Å²) in [6.45, 7) is 0.361. The quantitative estimate of drug-likeness (QED) is 0.589. The van der Waals surface area contributed by atoms with Gasteiger partial charge in [0.15, 0.2) is 11.5 Å². The van der Waals surface area contributed by atoms with Crippen molar-refractivity contribution in [1.82, 2.24) is 9.55 Å². The van der Waals surface area contributed by atoms with Crippen LogP contribution in [0.15, 0.2) is 41.5 Å². The molecule has 0 unspecified atom stereocenters. The smallest absolute Gasteiger partial charge is 0.261 e. The second-order valence-corrected chi connectivity index (χ2v) is 7.54. The number of nitrogens with zero attached hydrogens (tertiary/aromatic N) is 2. The van der Waals surface area contributed by atoms with Gasteiger partial charge in [0.2, 0.25) is 11.8 Å². The Balaban J connectivity index is 1.39. The van der Waals surface area contributed by atoms with Crippen molar-refractivity contribution in [3.63, 3.8) is 0 Å². The Labute approximate surface area is 184 Å². The van der Waals surface area contributed by atoms with Gasteiger partial charge in [-0.25, -0.2) is 4.98 Å². The van der Waals surface area contributed by atoms with Gasteiger partial charge in [-0.2, -0.15) is 0 Å². The number of carbonyl (C=O) groups excluding carboxylic acids is 2. The molecular weight excluding hydrogens is 412 g/mol. The zero-order valence-corrected chi connectivity index (χ0v) is 17.9. The number of carbonyl (C=O) groups is 2. The SMILES string of the molecule is COc1cc2ncn(CCCC(=O)Nc3ccc4c(c3)CCC(=O)N4)c(=O)c2cc1OC. The lowest BCUT2D eigenvalue weighted by Crippen LogP contribution is -2.22. The lowest BCUT2D eigenvalue weighted by Gasteiger charge is -2.17. The van der Waals surface area contributed by atoms with E-state index in [4.69, 9.17) is 9.47 Å². The minimum absolute atomic E-state index is 0.00490. The standard InChI is InChI=1S/C23H24N4O5/c1-31-19-11-16-18(12-20(19)32-2)24-13-27(23(16)30)9-3-4-21(28)25-15-6-7-17-14(10-15)5-8-22(29)26-17/h6-7,10-13H,3-5,8-9H2,1-2H3,(H,25,28)(H,26,29). The Hall–Kier alpha value is -3.88. The predicted molar refractivity (Wildman–Crippen MR) is 120 cm³/mol. The number of amides is 2. The number of aromatic nitrogens is 2. The number of anilines is 2. The molecule has 1 aliphatic rings. The van der Waals surface area contributed by atoms with Gasteiger partial charge in [-0.05, 0) is 42.7 Å². The van der Waals surface area contributed by atoms with Crippen LogP contribution in [0.3, 0.4) is 0 Å². The number of hydrogen-bond acceptors (Lipinski definition) is 6. The predicted octanol–water partition coefficient (Wildman–Crippen LogP) is 2.72. The number of benzene rings is 2. The Morgan fingerprint density at radius 1 is 1.12 bits per heavy atom. The third-order valence-electron chi connectivity index (χ3n) is 5.42. The molecule has 3 aromatic rings. The Bertz CT molecular complexity index is 1250. The first-order valence-electron chi connectivity index (χ1n) is 10.3. The lowest BCUT2D eigenvalue weighted by atomic mass is 10.0. The molecule has 1 aromatic heterocycles. The lowest BCUT2D eigenvalue weighted by molar-refractivity contribution is -0.117. The van der Waals surface area contributed by atoms with Crippen LogP contribution in [0.4, 0.5) is 11.4 Å². The van der Waals surface area contributed by atoms with E-state index in [1.165, 1.54) is 25.1 Å². The van der Waals surface area contributed by atoms with Crippen molar-refractivity contribution in [3.05, 3.63) is 52.6 Å². The molecule has 0 saturated carbocycles. The largest absolute Gasteiger partial charge is 0.493 e. The van der Waals surface area contributed by atoms with Gasteiger partial charge in [-0.3, -0.25) is 19.0 Å². The van der Waals surface area contributed by atoms with Crippen molar-refractivity contribution in [2.24, 2.45) is 0 Å². The number of ether oxygens (including phenoxy) is 2. The maximum atomic E-state index is 12.8. The van der Waals surface area contributed by atoms with Crippen LogP contribution in [-0.4, -0.2) is 35.6 Å². The molecule has 0 atom stereocenters. The van der Waals surface area contributed by atoms with E-state index in [0.29, 0.717) is 53.9 Å². The van der Waals surface area contributed by atoms with E-state index in [1.54, 1.807) is 24.3 Å². The molecule has 4 rings (SSSR count). The molecule has 2 N–H and O–H groups in total. The van der Waals surface area contributed by atoms with Crippen LogP contribution in [0.5, 0.6) is 11.5 Å². The molecule has 0 spiro atoms. The Morgan fingerprint density at radius 3 is 2.69 bits per heavy atom. The van der Waals surface area contributed by atoms with Gasteiger partial charge in [-0.15, -0.1) is 0 Å². The van der Waals surface area contributed by atoms with E-state index in [0.717, 1.165) is 11.3 Å². The summed E-state index contributed by atoms with van der Waals surface area (Å²) in [6, 6.07) is 8.72. The minimum Gasteiger partial charge on any atom is -0.493 e. The van der Waals surface area contributed by atoms with Crippen LogP contribution in [0.2, 0.25) is 0 Å². The number of hydrogen-bond donors (Lipinski definition) is 2. The summed E-state index contributed by atoms with van der Waals surface area (Å²) in [5.41, 5.74) is 2.80. The van der Waals surface area contributed by atoms with Crippen molar-refractivity contribution in [3.8, 4) is 11.5 Å². The van der Waals surface area contributed by atoms with Crippen LogP contribution >= 0.6 is 0 Å².